The highest BCUT2D eigenvalue weighted by Crippen LogP contribution is 2.12. The third-order valence-corrected chi connectivity index (χ3v) is 5.72. The highest BCUT2D eigenvalue weighted by atomic mass is 16.5. The largest absolute Gasteiger partial charge is 0.385 e. The summed E-state index contributed by atoms with van der Waals surface area (Å²) in [6.07, 6.45) is 8.19. The Morgan fingerprint density at radius 3 is 2.55 bits per heavy atom. The maximum atomic E-state index is 12.0. The third kappa shape index (κ3) is 11.4. The molecule has 0 aromatic rings. The molecular formula is C22H45N5O2. The van der Waals surface area contributed by atoms with Crippen molar-refractivity contribution in [2.45, 2.75) is 64.8 Å². The molecule has 29 heavy (non-hydrogen) atoms. The molecule has 1 fully saturated rings. The second kappa shape index (κ2) is 15.5. The van der Waals surface area contributed by atoms with Gasteiger partial charge in [0.15, 0.2) is 5.96 Å². The van der Waals surface area contributed by atoms with Gasteiger partial charge in [-0.2, -0.15) is 0 Å². The van der Waals surface area contributed by atoms with Crippen molar-refractivity contribution in [1.29, 1.82) is 0 Å². The van der Waals surface area contributed by atoms with Crippen LogP contribution in [0.4, 0.5) is 0 Å². The van der Waals surface area contributed by atoms with Crippen LogP contribution < -0.4 is 10.6 Å². The fraction of sp³-hybridized carbons (Fsp3) is 0.909. The molecule has 0 spiro atoms. The second-order valence-electron chi connectivity index (χ2n) is 8.36. The normalized spacial score (nSPS) is 17.2. The highest BCUT2D eigenvalue weighted by molar-refractivity contribution is 5.84. The number of guanidine groups is 1. The fourth-order valence-corrected chi connectivity index (χ4v) is 3.55. The van der Waals surface area contributed by atoms with Crippen LogP contribution in [0.25, 0.3) is 0 Å². The molecule has 0 bridgehead atoms. The van der Waals surface area contributed by atoms with E-state index in [2.05, 4.69) is 34.4 Å². The van der Waals surface area contributed by atoms with Crippen molar-refractivity contribution in [1.82, 2.24) is 20.4 Å². The first kappa shape index (κ1) is 25.7. The quantitative estimate of drug-likeness (QED) is 0.277. The Balaban J connectivity index is 2.55. The summed E-state index contributed by atoms with van der Waals surface area (Å²) in [6, 6.07) is 0.408. The molecule has 1 saturated heterocycles. The number of likely N-dealkylation sites (N-methyl/N-ethyl adjacent to an activating group) is 1. The molecule has 7 nitrogen and oxygen atoms in total. The molecule has 2 N–H and O–H groups in total. The number of nitrogens with one attached hydrogen (secondary N) is 2. The molecule has 170 valence electrons. The van der Waals surface area contributed by atoms with Gasteiger partial charge in [0.25, 0.3) is 0 Å². The Morgan fingerprint density at radius 2 is 1.97 bits per heavy atom. The lowest BCUT2D eigenvalue weighted by atomic mass is 9.99. The zero-order chi connectivity index (χ0) is 21.5. The number of carbonyl (C=O) groups is 1. The van der Waals surface area contributed by atoms with Crippen molar-refractivity contribution >= 4 is 11.9 Å². The number of amides is 1. The average molecular weight is 412 g/mol. The molecule has 0 aromatic heterocycles. The van der Waals surface area contributed by atoms with Gasteiger partial charge >= 0.3 is 0 Å². The van der Waals surface area contributed by atoms with E-state index in [9.17, 15) is 4.79 Å². The van der Waals surface area contributed by atoms with E-state index in [1.54, 1.807) is 26.1 Å². The molecule has 7 heteroatoms. The van der Waals surface area contributed by atoms with Crippen molar-refractivity contribution in [2.24, 2.45) is 10.9 Å². The van der Waals surface area contributed by atoms with Gasteiger partial charge in [-0.3, -0.25) is 4.79 Å². The fourth-order valence-electron chi connectivity index (χ4n) is 3.55. The number of ether oxygens (including phenoxy) is 1. The zero-order valence-corrected chi connectivity index (χ0v) is 19.5. The van der Waals surface area contributed by atoms with Crippen LogP contribution in [-0.4, -0.2) is 88.2 Å². The van der Waals surface area contributed by atoms with Gasteiger partial charge in [-0.05, 0) is 31.6 Å². The van der Waals surface area contributed by atoms with Crippen molar-refractivity contribution in [3.05, 3.63) is 0 Å². The van der Waals surface area contributed by atoms with Crippen LogP contribution in [0.2, 0.25) is 0 Å². The van der Waals surface area contributed by atoms with E-state index in [1.165, 1.54) is 19.3 Å². The summed E-state index contributed by atoms with van der Waals surface area (Å²) in [5.41, 5.74) is 0. The minimum atomic E-state index is 0.0251. The van der Waals surface area contributed by atoms with Crippen LogP contribution in [0.15, 0.2) is 4.99 Å². The van der Waals surface area contributed by atoms with Crippen molar-refractivity contribution < 1.29 is 9.53 Å². The number of aliphatic imine (C=N–C) groups is 1. The zero-order valence-electron chi connectivity index (χ0n) is 19.5. The minimum Gasteiger partial charge on any atom is -0.385 e. The summed E-state index contributed by atoms with van der Waals surface area (Å²) >= 11 is 0. The number of methoxy groups -OCH3 is 1. The molecule has 1 amide bonds. The first-order chi connectivity index (χ1) is 14.0. The molecule has 0 aromatic carbocycles. The Bertz CT molecular complexity index is 462. The Morgan fingerprint density at radius 1 is 1.24 bits per heavy atom. The SMILES string of the molecule is CCCCC(CC)CNC(=NCC(=O)N(C)C)NC1CCN(CCCOC)CC1. The predicted molar refractivity (Wildman–Crippen MR) is 121 cm³/mol. The summed E-state index contributed by atoms with van der Waals surface area (Å²) in [6.45, 7) is 9.71. The van der Waals surface area contributed by atoms with E-state index in [4.69, 9.17) is 4.74 Å². The maximum Gasteiger partial charge on any atom is 0.243 e. The number of likely N-dealkylation sites (tertiary alicyclic amines) is 1. The predicted octanol–water partition coefficient (Wildman–Crippen LogP) is 2.33. The summed E-state index contributed by atoms with van der Waals surface area (Å²) < 4.78 is 5.16. The van der Waals surface area contributed by atoms with Crippen LogP contribution in [0, 0.1) is 5.92 Å². The number of unbranched alkanes of at least 4 members (excludes halogenated alkanes) is 1. The molecule has 1 heterocycles. The molecule has 0 saturated carbocycles. The lowest BCUT2D eigenvalue weighted by Gasteiger charge is -2.33. The monoisotopic (exact) mass is 411 g/mol. The summed E-state index contributed by atoms with van der Waals surface area (Å²) in [5, 5.41) is 7.10. The summed E-state index contributed by atoms with van der Waals surface area (Å²) in [5.74, 6) is 1.46. The molecule has 1 aliphatic rings. The third-order valence-electron chi connectivity index (χ3n) is 5.72. The van der Waals surface area contributed by atoms with E-state index in [1.807, 2.05) is 0 Å². The van der Waals surface area contributed by atoms with E-state index in [0.29, 0.717) is 12.0 Å². The molecule has 1 unspecified atom stereocenters. The summed E-state index contributed by atoms with van der Waals surface area (Å²) in [7, 11) is 5.31. The van der Waals surface area contributed by atoms with Crippen LogP contribution in [0.3, 0.4) is 0 Å². The molecule has 1 atom stereocenters. The van der Waals surface area contributed by atoms with Crippen molar-refractivity contribution in [2.75, 3.05) is 60.5 Å². The molecule has 0 aliphatic carbocycles. The number of nitrogens with zero attached hydrogens (tertiary/aromatic N) is 3. The van der Waals surface area contributed by atoms with Gasteiger partial charge in [0.05, 0.1) is 0 Å². The average Bonchev–Trinajstić information content (AvgIpc) is 2.72. The standard InChI is InChI=1S/C22H45N5O2/c1-6-8-10-19(7-2)17-23-22(24-18-21(28)26(3)4)25-20-11-14-27(15-12-20)13-9-16-29-5/h19-20H,6-18H2,1-5H3,(H2,23,24,25). The molecule has 1 rings (SSSR count). The number of hydrogen-bond acceptors (Lipinski definition) is 4. The minimum absolute atomic E-state index is 0.0251. The first-order valence-electron chi connectivity index (χ1n) is 11.5. The Kier molecular flexibility index (Phi) is 13.7. The lowest BCUT2D eigenvalue weighted by Crippen LogP contribution is -2.49. The topological polar surface area (TPSA) is 69.2 Å². The van der Waals surface area contributed by atoms with Crippen molar-refractivity contribution in [3.63, 3.8) is 0 Å². The smallest absolute Gasteiger partial charge is 0.243 e. The molecule has 1 aliphatic heterocycles. The van der Waals surface area contributed by atoms with Gasteiger partial charge in [-0.15, -0.1) is 0 Å². The first-order valence-corrected chi connectivity index (χ1v) is 11.5. The molecule has 0 radical (unpaired) electrons. The summed E-state index contributed by atoms with van der Waals surface area (Å²) in [4.78, 5) is 20.7. The van der Waals surface area contributed by atoms with Gasteiger partial charge in [-0.1, -0.05) is 33.1 Å². The van der Waals surface area contributed by atoms with E-state index in [0.717, 1.165) is 64.4 Å². The maximum absolute atomic E-state index is 12.0. The number of hydrogen-bond donors (Lipinski definition) is 2. The van der Waals surface area contributed by atoms with Crippen LogP contribution in [0.5, 0.6) is 0 Å². The van der Waals surface area contributed by atoms with E-state index in [-0.39, 0.29) is 12.5 Å². The second-order valence-corrected chi connectivity index (χ2v) is 8.36. The van der Waals surface area contributed by atoms with Gasteiger partial charge < -0.3 is 25.2 Å². The Labute approximate surface area is 178 Å². The van der Waals surface area contributed by atoms with Gasteiger partial charge in [0.1, 0.15) is 6.54 Å². The van der Waals surface area contributed by atoms with Gasteiger partial charge in [0, 0.05) is 60.0 Å². The van der Waals surface area contributed by atoms with Gasteiger partial charge in [0.2, 0.25) is 5.91 Å². The van der Waals surface area contributed by atoms with Crippen LogP contribution in [0.1, 0.15) is 58.8 Å². The van der Waals surface area contributed by atoms with E-state index < -0.39 is 0 Å². The number of rotatable bonds is 13. The van der Waals surface area contributed by atoms with Crippen LogP contribution in [-0.2, 0) is 9.53 Å². The van der Waals surface area contributed by atoms with Crippen molar-refractivity contribution in [3.8, 4) is 0 Å². The lowest BCUT2D eigenvalue weighted by molar-refractivity contribution is -0.127. The van der Waals surface area contributed by atoms with Gasteiger partial charge in [-0.25, -0.2) is 4.99 Å². The number of piperidine rings is 1. The number of carbonyl (C=O) groups excluding carboxylic acids is 1. The Hall–Kier alpha value is -1.34. The highest BCUT2D eigenvalue weighted by Gasteiger charge is 2.20. The van der Waals surface area contributed by atoms with Crippen LogP contribution >= 0.6 is 0 Å². The molecular weight excluding hydrogens is 366 g/mol. The van der Waals surface area contributed by atoms with E-state index >= 15 is 0 Å².